The number of hydrogen-bond acceptors (Lipinski definition) is 1. The predicted octanol–water partition coefficient (Wildman–Crippen LogP) is 5.43. The van der Waals surface area contributed by atoms with E-state index in [0.29, 0.717) is 6.61 Å². The molecule has 0 bridgehead atoms. The van der Waals surface area contributed by atoms with Crippen LogP contribution in [0.5, 0.6) is 5.75 Å². The van der Waals surface area contributed by atoms with Crippen LogP contribution in [-0.4, -0.2) is 0 Å². The zero-order chi connectivity index (χ0) is 16.1. The van der Waals surface area contributed by atoms with Crippen molar-refractivity contribution in [3.05, 3.63) is 89.7 Å². The van der Waals surface area contributed by atoms with Crippen molar-refractivity contribution in [1.29, 1.82) is 0 Å². The van der Waals surface area contributed by atoms with Gasteiger partial charge in [-0.05, 0) is 47.4 Å². The summed E-state index contributed by atoms with van der Waals surface area (Å²) < 4.78 is 19.2. The molecule has 3 aromatic carbocycles. The number of ether oxygens (including phenoxy) is 1. The van der Waals surface area contributed by atoms with Gasteiger partial charge in [-0.1, -0.05) is 55.5 Å². The fourth-order valence-corrected chi connectivity index (χ4v) is 2.42. The van der Waals surface area contributed by atoms with Gasteiger partial charge in [-0.3, -0.25) is 0 Å². The Morgan fingerprint density at radius 1 is 0.913 bits per heavy atom. The van der Waals surface area contributed by atoms with Gasteiger partial charge in [-0.25, -0.2) is 4.39 Å². The molecule has 3 aromatic rings. The number of rotatable bonds is 5. The van der Waals surface area contributed by atoms with Crippen LogP contribution in [0, 0.1) is 11.9 Å². The number of aryl methyl sites for hydroxylation is 1. The molecule has 0 heterocycles. The Bertz CT molecular complexity index is 764. The summed E-state index contributed by atoms with van der Waals surface area (Å²) in [7, 11) is 0. The zero-order valence-corrected chi connectivity index (χ0v) is 13.1. The lowest BCUT2D eigenvalue weighted by atomic mass is 10.0. The van der Waals surface area contributed by atoms with Gasteiger partial charge in [-0.15, -0.1) is 0 Å². The van der Waals surface area contributed by atoms with Gasteiger partial charge in [0.1, 0.15) is 18.2 Å². The molecule has 0 aliphatic heterocycles. The molecule has 0 spiro atoms. The quantitative estimate of drug-likeness (QED) is 0.610. The van der Waals surface area contributed by atoms with Gasteiger partial charge in [-0.2, -0.15) is 0 Å². The Hall–Kier alpha value is -2.61. The first kappa shape index (κ1) is 15.3. The van der Waals surface area contributed by atoms with Crippen molar-refractivity contribution < 1.29 is 9.13 Å². The molecule has 23 heavy (non-hydrogen) atoms. The van der Waals surface area contributed by atoms with E-state index in [1.54, 1.807) is 12.1 Å². The summed E-state index contributed by atoms with van der Waals surface area (Å²) >= 11 is 0. The van der Waals surface area contributed by atoms with Crippen LogP contribution < -0.4 is 4.74 Å². The lowest BCUT2D eigenvalue weighted by Crippen LogP contribution is -1.98. The van der Waals surface area contributed by atoms with E-state index >= 15 is 0 Å². The zero-order valence-electron chi connectivity index (χ0n) is 13.1. The molecule has 1 radical (unpaired) electrons. The molecule has 115 valence electrons. The summed E-state index contributed by atoms with van der Waals surface area (Å²) in [6.07, 6.45) is 0.896. The fraction of sp³-hybridized carbons (Fsp3) is 0.143. The van der Waals surface area contributed by atoms with E-state index in [0.717, 1.165) is 34.4 Å². The maximum atomic E-state index is 13.2. The smallest absolute Gasteiger partial charge is 0.128 e. The highest BCUT2D eigenvalue weighted by Crippen LogP contribution is 2.31. The van der Waals surface area contributed by atoms with E-state index in [1.165, 1.54) is 12.1 Å². The van der Waals surface area contributed by atoms with Gasteiger partial charge in [0.25, 0.3) is 0 Å². The molecule has 0 atom stereocenters. The van der Waals surface area contributed by atoms with Gasteiger partial charge < -0.3 is 4.74 Å². The van der Waals surface area contributed by atoms with E-state index in [9.17, 15) is 4.39 Å². The summed E-state index contributed by atoms with van der Waals surface area (Å²) in [6, 6.07) is 23.8. The lowest BCUT2D eigenvalue weighted by Gasteiger charge is -2.13. The Morgan fingerprint density at radius 2 is 1.65 bits per heavy atom. The summed E-state index contributed by atoms with van der Waals surface area (Å²) in [6.45, 7) is 2.58. The second kappa shape index (κ2) is 7.10. The minimum Gasteiger partial charge on any atom is -0.488 e. The van der Waals surface area contributed by atoms with Gasteiger partial charge in [0, 0.05) is 5.56 Å². The van der Waals surface area contributed by atoms with Crippen molar-refractivity contribution >= 4 is 0 Å². The Kier molecular flexibility index (Phi) is 4.72. The molecule has 0 saturated heterocycles. The van der Waals surface area contributed by atoms with E-state index < -0.39 is 0 Å². The molecule has 3 rings (SSSR count). The van der Waals surface area contributed by atoms with Gasteiger partial charge in [0.05, 0.1) is 0 Å². The molecule has 0 N–H and O–H groups in total. The fourth-order valence-electron chi connectivity index (χ4n) is 2.42. The molecule has 0 amide bonds. The van der Waals surface area contributed by atoms with Crippen molar-refractivity contribution in [2.45, 2.75) is 20.0 Å². The van der Waals surface area contributed by atoms with Crippen molar-refractivity contribution in [3.63, 3.8) is 0 Å². The maximum Gasteiger partial charge on any atom is 0.128 e. The SMILES string of the molecule is CCc1[c]c(-c2ccc(F)cc2)c(OCc2ccccc2)cc1. The molecule has 0 aliphatic carbocycles. The van der Waals surface area contributed by atoms with Crippen LogP contribution in [0.25, 0.3) is 11.1 Å². The standard InChI is InChI=1S/C21H18FO/c1-2-16-8-13-21(23-15-17-6-4-3-5-7-17)20(14-16)18-9-11-19(22)12-10-18/h3-13H,2,15H2,1H3. The summed E-state index contributed by atoms with van der Waals surface area (Å²) in [5.41, 5.74) is 4.00. The predicted molar refractivity (Wildman–Crippen MR) is 90.8 cm³/mol. The van der Waals surface area contributed by atoms with Gasteiger partial charge in [0.2, 0.25) is 0 Å². The van der Waals surface area contributed by atoms with Crippen LogP contribution in [0.2, 0.25) is 0 Å². The Labute approximate surface area is 136 Å². The molecule has 0 fully saturated rings. The third kappa shape index (κ3) is 3.78. The highest BCUT2D eigenvalue weighted by Gasteiger charge is 2.09. The minimum atomic E-state index is -0.243. The van der Waals surface area contributed by atoms with E-state index in [-0.39, 0.29) is 5.82 Å². The summed E-state index contributed by atoms with van der Waals surface area (Å²) in [5, 5.41) is 0. The van der Waals surface area contributed by atoms with Crippen LogP contribution in [-0.2, 0) is 13.0 Å². The first-order valence-corrected chi connectivity index (χ1v) is 7.74. The minimum absolute atomic E-state index is 0.243. The van der Waals surface area contributed by atoms with Gasteiger partial charge >= 0.3 is 0 Å². The molecule has 0 aliphatic rings. The van der Waals surface area contributed by atoms with Crippen molar-refractivity contribution in [1.82, 2.24) is 0 Å². The highest BCUT2D eigenvalue weighted by atomic mass is 19.1. The van der Waals surface area contributed by atoms with E-state index in [1.807, 2.05) is 42.5 Å². The third-order valence-corrected chi connectivity index (χ3v) is 3.72. The second-order valence-electron chi connectivity index (χ2n) is 5.36. The van der Waals surface area contributed by atoms with Crippen LogP contribution in [0.1, 0.15) is 18.1 Å². The topological polar surface area (TPSA) is 9.23 Å². The van der Waals surface area contributed by atoms with Crippen LogP contribution in [0.15, 0.2) is 66.7 Å². The van der Waals surface area contributed by atoms with E-state index in [4.69, 9.17) is 4.74 Å². The van der Waals surface area contributed by atoms with Crippen LogP contribution in [0.3, 0.4) is 0 Å². The third-order valence-electron chi connectivity index (χ3n) is 3.72. The molecule has 1 nitrogen and oxygen atoms in total. The first-order chi connectivity index (χ1) is 11.3. The maximum absolute atomic E-state index is 13.2. The van der Waals surface area contributed by atoms with E-state index in [2.05, 4.69) is 13.0 Å². The lowest BCUT2D eigenvalue weighted by molar-refractivity contribution is 0.307. The van der Waals surface area contributed by atoms with Crippen molar-refractivity contribution in [2.75, 3.05) is 0 Å². The molecular weight excluding hydrogens is 287 g/mol. The second-order valence-corrected chi connectivity index (χ2v) is 5.36. The molecule has 0 saturated carbocycles. The molecule has 2 heteroatoms. The largest absolute Gasteiger partial charge is 0.488 e. The molecule has 0 aromatic heterocycles. The average molecular weight is 305 g/mol. The van der Waals surface area contributed by atoms with Crippen LogP contribution >= 0.6 is 0 Å². The first-order valence-electron chi connectivity index (χ1n) is 7.74. The van der Waals surface area contributed by atoms with Crippen LogP contribution in [0.4, 0.5) is 4.39 Å². The number of benzene rings is 3. The Balaban J connectivity index is 1.91. The average Bonchev–Trinajstić information content (AvgIpc) is 2.61. The van der Waals surface area contributed by atoms with Crippen molar-refractivity contribution in [3.8, 4) is 16.9 Å². The Morgan fingerprint density at radius 3 is 2.35 bits per heavy atom. The highest BCUT2D eigenvalue weighted by molar-refractivity contribution is 5.70. The monoisotopic (exact) mass is 305 g/mol. The molecular formula is C21H18FO. The number of hydrogen-bond donors (Lipinski definition) is 0. The molecule has 0 unspecified atom stereocenters. The summed E-state index contributed by atoms with van der Waals surface area (Å²) in [4.78, 5) is 0. The normalized spacial score (nSPS) is 10.5. The number of halogens is 1. The summed E-state index contributed by atoms with van der Waals surface area (Å²) in [5.74, 6) is 0.518. The van der Waals surface area contributed by atoms with Gasteiger partial charge in [0.15, 0.2) is 0 Å². The van der Waals surface area contributed by atoms with Crippen molar-refractivity contribution in [2.24, 2.45) is 0 Å².